The van der Waals surface area contributed by atoms with Gasteiger partial charge in [0.05, 0.1) is 0 Å². The SMILES string of the molecule is CCN(CC)CC(C)NCc1ccc(C)c(F)c1. The highest BCUT2D eigenvalue weighted by atomic mass is 19.1. The van der Waals surface area contributed by atoms with Crippen molar-refractivity contribution in [2.75, 3.05) is 19.6 Å². The lowest BCUT2D eigenvalue weighted by atomic mass is 10.1. The summed E-state index contributed by atoms with van der Waals surface area (Å²) in [6, 6.07) is 5.85. The second kappa shape index (κ2) is 7.49. The predicted octanol–water partition coefficient (Wildman–Crippen LogP) is 2.95. The maximum Gasteiger partial charge on any atom is 0.126 e. The summed E-state index contributed by atoms with van der Waals surface area (Å²) >= 11 is 0. The van der Waals surface area contributed by atoms with Gasteiger partial charge in [0.25, 0.3) is 0 Å². The van der Waals surface area contributed by atoms with Crippen molar-refractivity contribution in [3.05, 3.63) is 35.1 Å². The third-order valence-electron chi connectivity index (χ3n) is 3.32. The van der Waals surface area contributed by atoms with Crippen molar-refractivity contribution in [3.8, 4) is 0 Å². The lowest BCUT2D eigenvalue weighted by molar-refractivity contribution is 0.270. The molecular formula is C15H25FN2. The van der Waals surface area contributed by atoms with Crippen molar-refractivity contribution < 1.29 is 4.39 Å². The number of hydrogen-bond donors (Lipinski definition) is 1. The van der Waals surface area contributed by atoms with Gasteiger partial charge in [0.15, 0.2) is 0 Å². The molecule has 0 aliphatic carbocycles. The van der Waals surface area contributed by atoms with Gasteiger partial charge in [-0.3, -0.25) is 0 Å². The molecule has 0 spiro atoms. The van der Waals surface area contributed by atoms with Gasteiger partial charge in [-0.05, 0) is 44.1 Å². The van der Waals surface area contributed by atoms with Crippen molar-refractivity contribution in [1.82, 2.24) is 10.2 Å². The molecule has 3 heteroatoms. The van der Waals surface area contributed by atoms with Crippen LogP contribution in [0.1, 0.15) is 31.9 Å². The van der Waals surface area contributed by atoms with Crippen LogP contribution < -0.4 is 5.32 Å². The van der Waals surface area contributed by atoms with Gasteiger partial charge in [0, 0.05) is 19.1 Å². The first-order valence-electron chi connectivity index (χ1n) is 6.77. The minimum absolute atomic E-state index is 0.120. The lowest BCUT2D eigenvalue weighted by Crippen LogP contribution is -2.38. The topological polar surface area (TPSA) is 15.3 Å². The number of rotatable bonds is 7. The maximum absolute atomic E-state index is 13.4. The first-order valence-corrected chi connectivity index (χ1v) is 6.77. The molecule has 0 amide bonds. The van der Waals surface area contributed by atoms with Crippen LogP contribution in [-0.2, 0) is 6.54 Å². The van der Waals surface area contributed by atoms with Crippen molar-refractivity contribution in [2.24, 2.45) is 0 Å². The van der Waals surface area contributed by atoms with E-state index in [1.54, 1.807) is 13.0 Å². The van der Waals surface area contributed by atoms with Crippen LogP contribution in [0.2, 0.25) is 0 Å². The summed E-state index contributed by atoms with van der Waals surface area (Å²) in [4.78, 5) is 2.38. The van der Waals surface area contributed by atoms with Crippen LogP contribution in [0.25, 0.3) is 0 Å². The molecule has 1 N–H and O–H groups in total. The van der Waals surface area contributed by atoms with Crippen LogP contribution in [0.15, 0.2) is 18.2 Å². The minimum atomic E-state index is -0.120. The van der Waals surface area contributed by atoms with E-state index in [0.29, 0.717) is 11.6 Å². The smallest absolute Gasteiger partial charge is 0.126 e. The molecule has 1 unspecified atom stereocenters. The second-order valence-electron chi connectivity index (χ2n) is 4.85. The Morgan fingerprint density at radius 2 is 1.94 bits per heavy atom. The highest BCUT2D eigenvalue weighted by Crippen LogP contribution is 2.09. The molecule has 1 atom stereocenters. The van der Waals surface area contributed by atoms with Gasteiger partial charge in [-0.25, -0.2) is 4.39 Å². The zero-order valence-electron chi connectivity index (χ0n) is 12.0. The molecule has 0 aliphatic rings. The summed E-state index contributed by atoms with van der Waals surface area (Å²) < 4.78 is 13.4. The number of nitrogens with one attached hydrogen (secondary N) is 1. The third-order valence-corrected chi connectivity index (χ3v) is 3.32. The van der Waals surface area contributed by atoms with E-state index in [4.69, 9.17) is 0 Å². The average molecular weight is 252 g/mol. The molecule has 0 aromatic heterocycles. The van der Waals surface area contributed by atoms with Crippen LogP contribution in [0.4, 0.5) is 4.39 Å². The molecule has 18 heavy (non-hydrogen) atoms. The van der Waals surface area contributed by atoms with E-state index in [2.05, 4.69) is 31.0 Å². The molecule has 1 rings (SSSR count). The quantitative estimate of drug-likeness (QED) is 0.802. The van der Waals surface area contributed by atoms with Crippen LogP contribution in [0, 0.1) is 12.7 Å². The Kier molecular flexibility index (Phi) is 6.30. The Bertz CT molecular complexity index is 362. The van der Waals surface area contributed by atoms with Crippen LogP contribution in [0.3, 0.4) is 0 Å². The van der Waals surface area contributed by atoms with Gasteiger partial charge in [-0.1, -0.05) is 26.0 Å². The summed E-state index contributed by atoms with van der Waals surface area (Å²) in [7, 11) is 0. The number of hydrogen-bond acceptors (Lipinski definition) is 2. The molecule has 1 aromatic carbocycles. The molecule has 0 bridgehead atoms. The van der Waals surface area contributed by atoms with Crippen LogP contribution in [0.5, 0.6) is 0 Å². The Balaban J connectivity index is 2.42. The van der Waals surface area contributed by atoms with E-state index >= 15 is 0 Å². The van der Waals surface area contributed by atoms with Gasteiger partial charge in [0.2, 0.25) is 0 Å². The number of benzene rings is 1. The molecule has 1 aromatic rings. The molecule has 0 radical (unpaired) electrons. The van der Waals surface area contributed by atoms with E-state index in [0.717, 1.165) is 31.7 Å². The standard InChI is InChI=1S/C15H25FN2/c1-5-18(6-2)11-13(4)17-10-14-8-7-12(3)15(16)9-14/h7-9,13,17H,5-6,10-11H2,1-4H3. The first kappa shape index (κ1) is 15.1. The average Bonchev–Trinajstić information content (AvgIpc) is 2.37. The number of likely N-dealkylation sites (N-methyl/N-ethyl adjacent to an activating group) is 1. The summed E-state index contributed by atoms with van der Waals surface area (Å²) in [5.41, 5.74) is 1.71. The Morgan fingerprint density at radius 3 is 2.50 bits per heavy atom. The van der Waals surface area contributed by atoms with E-state index in [-0.39, 0.29) is 5.82 Å². The number of aryl methyl sites for hydroxylation is 1. The van der Waals surface area contributed by atoms with Crippen molar-refractivity contribution in [3.63, 3.8) is 0 Å². The molecule has 0 saturated carbocycles. The highest BCUT2D eigenvalue weighted by molar-refractivity contribution is 5.23. The van der Waals surface area contributed by atoms with E-state index in [1.165, 1.54) is 0 Å². The molecule has 0 fully saturated rings. The first-order chi connectivity index (χ1) is 8.56. The zero-order valence-corrected chi connectivity index (χ0v) is 12.0. The van der Waals surface area contributed by atoms with Crippen molar-refractivity contribution >= 4 is 0 Å². The van der Waals surface area contributed by atoms with Crippen LogP contribution in [-0.4, -0.2) is 30.6 Å². The molecule has 102 valence electrons. The van der Waals surface area contributed by atoms with E-state index in [1.807, 2.05) is 12.1 Å². The largest absolute Gasteiger partial charge is 0.309 e. The van der Waals surface area contributed by atoms with Crippen molar-refractivity contribution in [2.45, 2.75) is 40.3 Å². The molecule has 0 heterocycles. The van der Waals surface area contributed by atoms with E-state index < -0.39 is 0 Å². The van der Waals surface area contributed by atoms with Gasteiger partial charge in [-0.15, -0.1) is 0 Å². The number of nitrogens with zero attached hydrogens (tertiary/aromatic N) is 1. The fourth-order valence-corrected chi connectivity index (χ4v) is 1.97. The Morgan fingerprint density at radius 1 is 1.28 bits per heavy atom. The molecule has 0 saturated heterocycles. The fraction of sp³-hybridized carbons (Fsp3) is 0.600. The maximum atomic E-state index is 13.4. The summed E-state index contributed by atoms with van der Waals surface area (Å²) in [6.07, 6.45) is 0. The summed E-state index contributed by atoms with van der Waals surface area (Å²) in [5.74, 6) is -0.120. The Hall–Kier alpha value is -0.930. The van der Waals surface area contributed by atoms with Crippen LogP contribution >= 0.6 is 0 Å². The Labute approximate surface area is 110 Å². The van der Waals surface area contributed by atoms with Gasteiger partial charge < -0.3 is 10.2 Å². The second-order valence-corrected chi connectivity index (χ2v) is 4.85. The van der Waals surface area contributed by atoms with Gasteiger partial charge in [-0.2, -0.15) is 0 Å². The lowest BCUT2D eigenvalue weighted by Gasteiger charge is -2.23. The monoisotopic (exact) mass is 252 g/mol. The molecule has 0 aliphatic heterocycles. The van der Waals surface area contributed by atoms with Gasteiger partial charge >= 0.3 is 0 Å². The third kappa shape index (κ3) is 4.75. The minimum Gasteiger partial charge on any atom is -0.309 e. The zero-order chi connectivity index (χ0) is 13.5. The highest BCUT2D eigenvalue weighted by Gasteiger charge is 2.07. The normalized spacial score (nSPS) is 13.0. The summed E-state index contributed by atoms with van der Waals surface area (Å²) in [6.45, 7) is 12.2. The molecule has 2 nitrogen and oxygen atoms in total. The predicted molar refractivity (Wildman–Crippen MR) is 75.2 cm³/mol. The van der Waals surface area contributed by atoms with Gasteiger partial charge in [0.1, 0.15) is 5.82 Å². The summed E-state index contributed by atoms with van der Waals surface area (Å²) in [5, 5.41) is 3.44. The van der Waals surface area contributed by atoms with Crippen molar-refractivity contribution in [1.29, 1.82) is 0 Å². The van der Waals surface area contributed by atoms with E-state index in [9.17, 15) is 4.39 Å². The number of halogens is 1. The fourth-order valence-electron chi connectivity index (χ4n) is 1.97. The molecular weight excluding hydrogens is 227 g/mol.